The molecule has 1 saturated carbocycles. The van der Waals surface area contributed by atoms with Crippen molar-refractivity contribution in [2.45, 2.75) is 31.4 Å². The Morgan fingerprint density at radius 2 is 1.91 bits per heavy atom. The first-order valence-electron chi connectivity index (χ1n) is 7.43. The molecule has 1 amide bonds. The van der Waals surface area contributed by atoms with Gasteiger partial charge in [0.05, 0.1) is 5.54 Å². The van der Waals surface area contributed by atoms with Crippen molar-refractivity contribution in [2.75, 3.05) is 0 Å². The third-order valence-electron chi connectivity index (χ3n) is 4.14. The van der Waals surface area contributed by atoms with Crippen LogP contribution < -0.4 is 5.32 Å². The van der Waals surface area contributed by atoms with Crippen LogP contribution >= 0.6 is 0 Å². The zero-order chi connectivity index (χ0) is 15.4. The quantitative estimate of drug-likeness (QED) is 0.921. The van der Waals surface area contributed by atoms with Gasteiger partial charge in [-0.05, 0) is 42.5 Å². The number of rotatable bonds is 4. The molecule has 2 aromatic carbocycles. The number of carbonyl (C=O) groups is 1. The molecule has 0 saturated heterocycles. The van der Waals surface area contributed by atoms with Crippen LogP contribution in [0.2, 0.25) is 0 Å². The number of alkyl carbamates (subject to hydrolysis) is 1. The fourth-order valence-electron chi connectivity index (χ4n) is 2.76. The van der Waals surface area contributed by atoms with Gasteiger partial charge in [0, 0.05) is 0 Å². The summed E-state index contributed by atoms with van der Waals surface area (Å²) in [6.45, 7) is 0.228. The van der Waals surface area contributed by atoms with Gasteiger partial charge in [0.2, 0.25) is 0 Å². The highest BCUT2D eigenvalue weighted by molar-refractivity contribution is 5.69. The van der Waals surface area contributed by atoms with Gasteiger partial charge < -0.3 is 10.1 Å². The van der Waals surface area contributed by atoms with Gasteiger partial charge in [-0.1, -0.05) is 42.5 Å². The Hall–Kier alpha value is -2.36. The minimum absolute atomic E-state index is 0.228. The Morgan fingerprint density at radius 3 is 2.55 bits per heavy atom. The first kappa shape index (κ1) is 14.6. The van der Waals surface area contributed by atoms with E-state index in [2.05, 4.69) is 5.32 Å². The molecule has 2 aromatic rings. The molecule has 1 fully saturated rings. The minimum Gasteiger partial charge on any atom is -0.445 e. The van der Waals surface area contributed by atoms with E-state index in [1.807, 2.05) is 36.4 Å². The predicted octanol–water partition coefficient (Wildman–Crippen LogP) is 4.13. The maximum Gasteiger partial charge on any atom is 0.408 e. The molecular formula is C18H18FNO2. The van der Waals surface area contributed by atoms with Crippen LogP contribution in [0.3, 0.4) is 0 Å². The first-order chi connectivity index (χ1) is 10.7. The molecule has 1 aliphatic carbocycles. The fraction of sp³-hybridized carbons (Fsp3) is 0.278. The summed E-state index contributed by atoms with van der Waals surface area (Å²) in [4.78, 5) is 12.1. The summed E-state index contributed by atoms with van der Waals surface area (Å²) in [6.07, 6.45) is 2.15. The first-order valence-corrected chi connectivity index (χ1v) is 7.43. The normalized spacial score (nSPS) is 15.7. The number of hydrogen-bond donors (Lipinski definition) is 1. The summed E-state index contributed by atoms with van der Waals surface area (Å²) in [7, 11) is 0. The zero-order valence-corrected chi connectivity index (χ0v) is 12.2. The molecule has 1 N–H and O–H groups in total. The second kappa shape index (κ2) is 6.18. The number of ether oxygens (including phenoxy) is 1. The van der Waals surface area contributed by atoms with Gasteiger partial charge in [-0.2, -0.15) is 0 Å². The van der Waals surface area contributed by atoms with Crippen molar-refractivity contribution >= 4 is 6.09 Å². The molecule has 0 aromatic heterocycles. The monoisotopic (exact) mass is 299 g/mol. The van der Waals surface area contributed by atoms with E-state index in [1.165, 1.54) is 12.1 Å². The van der Waals surface area contributed by atoms with E-state index in [1.54, 1.807) is 6.07 Å². The highest BCUT2D eigenvalue weighted by Gasteiger charge is 2.40. The smallest absolute Gasteiger partial charge is 0.408 e. The van der Waals surface area contributed by atoms with Gasteiger partial charge in [-0.25, -0.2) is 9.18 Å². The lowest BCUT2D eigenvalue weighted by Crippen LogP contribution is -2.50. The molecule has 114 valence electrons. The van der Waals surface area contributed by atoms with E-state index in [-0.39, 0.29) is 12.4 Å². The topological polar surface area (TPSA) is 38.3 Å². The summed E-state index contributed by atoms with van der Waals surface area (Å²) in [5, 5.41) is 2.92. The molecular weight excluding hydrogens is 281 g/mol. The molecule has 0 atom stereocenters. The van der Waals surface area contributed by atoms with Gasteiger partial charge in [0.25, 0.3) is 0 Å². The van der Waals surface area contributed by atoms with Crippen molar-refractivity contribution < 1.29 is 13.9 Å². The Balaban J connectivity index is 1.64. The third kappa shape index (κ3) is 3.11. The summed E-state index contributed by atoms with van der Waals surface area (Å²) in [5.74, 6) is -0.289. The van der Waals surface area contributed by atoms with Crippen LogP contribution in [0.25, 0.3) is 0 Å². The van der Waals surface area contributed by atoms with Gasteiger partial charge in [0.1, 0.15) is 12.4 Å². The Kier molecular flexibility index (Phi) is 4.09. The van der Waals surface area contributed by atoms with E-state index in [4.69, 9.17) is 4.74 Å². The van der Waals surface area contributed by atoms with Crippen molar-refractivity contribution in [2.24, 2.45) is 0 Å². The Labute approximate surface area is 129 Å². The van der Waals surface area contributed by atoms with Crippen molar-refractivity contribution in [3.8, 4) is 0 Å². The molecule has 0 aliphatic heterocycles. The molecule has 3 nitrogen and oxygen atoms in total. The molecule has 0 spiro atoms. The van der Waals surface area contributed by atoms with E-state index in [0.29, 0.717) is 0 Å². The largest absolute Gasteiger partial charge is 0.445 e. The maximum atomic E-state index is 13.4. The molecule has 22 heavy (non-hydrogen) atoms. The SMILES string of the molecule is O=C(NC1(c2cccc(F)c2)CCC1)OCc1ccccc1. The van der Waals surface area contributed by atoms with E-state index < -0.39 is 11.6 Å². The summed E-state index contributed by atoms with van der Waals surface area (Å²) >= 11 is 0. The molecule has 0 heterocycles. The van der Waals surface area contributed by atoms with Crippen LogP contribution in [-0.2, 0) is 16.9 Å². The van der Waals surface area contributed by atoms with Crippen LogP contribution in [0, 0.1) is 5.82 Å². The lowest BCUT2D eigenvalue weighted by molar-refractivity contribution is 0.106. The standard InChI is InChI=1S/C18H18FNO2/c19-16-9-4-8-15(12-16)18(10-5-11-18)20-17(21)22-13-14-6-2-1-3-7-14/h1-4,6-9,12H,5,10-11,13H2,(H,20,21). The lowest BCUT2D eigenvalue weighted by Gasteiger charge is -2.42. The summed E-state index contributed by atoms with van der Waals surface area (Å²) < 4.78 is 18.7. The van der Waals surface area contributed by atoms with E-state index in [9.17, 15) is 9.18 Å². The highest BCUT2D eigenvalue weighted by Crippen LogP contribution is 2.41. The van der Waals surface area contributed by atoms with Crippen LogP contribution in [0.15, 0.2) is 54.6 Å². The second-order valence-corrected chi connectivity index (χ2v) is 5.63. The van der Waals surface area contributed by atoms with Gasteiger partial charge in [-0.15, -0.1) is 0 Å². The number of halogens is 1. The van der Waals surface area contributed by atoms with Crippen LogP contribution in [-0.4, -0.2) is 6.09 Å². The highest BCUT2D eigenvalue weighted by atomic mass is 19.1. The number of benzene rings is 2. The van der Waals surface area contributed by atoms with Crippen molar-refractivity contribution in [3.63, 3.8) is 0 Å². The molecule has 3 rings (SSSR count). The average molecular weight is 299 g/mol. The molecule has 0 unspecified atom stereocenters. The van der Waals surface area contributed by atoms with E-state index >= 15 is 0 Å². The third-order valence-corrected chi connectivity index (χ3v) is 4.14. The second-order valence-electron chi connectivity index (χ2n) is 5.63. The van der Waals surface area contributed by atoms with Crippen molar-refractivity contribution in [3.05, 3.63) is 71.5 Å². The summed E-state index contributed by atoms with van der Waals surface area (Å²) in [6, 6.07) is 15.9. The molecule has 1 aliphatic rings. The Morgan fingerprint density at radius 1 is 1.14 bits per heavy atom. The van der Waals surface area contributed by atoms with Gasteiger partial charge in [0.15, 0.2) is 0 Å². The number of hydrogen-bond acceptors (Lipinski definition) is 2. The molecule has 4 heteroatoms. The number of amides is 1. The molecule has 0 bridgehead atoms. The number of nitrogens with one attached hydrogen (secondary N) is 1. The maximum absolute atomic E-state index is 13.4. The molecule has 0 radical (unpaired) electrons. The van der Waals surface area contributed by atoms with Gasteiger partial charge in [-0.3, -0.25) is 0 Å². The van der Waals surface area contributed by atoms with Crippen molar-refractivity contribution in [1.29, 1.82) is 0 Å². The van der Waals surface area contributed by atoms with Gasteiger partial charge >= 0.3 is 6.09 Å². The van der Waals surface area contributed by atoms with Crippen LogP contribution in [0.5, 0.6) is 0 Å². The zero-order valence-electron chi connectivity index (χ0n) is 12.2. The fourth-order valence-corrected chi connectivity index (χ4v) is 2.76. The summed E-state index contributed by atoms with van der Waals surface area (Å²) in [5.41, 5.74) is 1.25. The van der Waals surface area contributed by atoms with E-state index in [0.717, 1.165) is 30.4 Å². The van der Waals surface area contributed by atoms with Crippen LogP contribution in [0.1, 0.15) is 30.4 Å². The lowest BCUT2D eigenvalue weighted by atomic mass is 9.72. The number of carbonyl (C=O) groups excluding carboxylic acids is 1. The van der Waals surface area contributed by atoms with Crippen LogP contribution in [0.4, 0.5) is 9.18 Å². The average Bonchev–Trinajstić information content (AvgIpc) is 2.50. The predicted molar refractivity (Wildman–Crippen MR) is 81.7 cm³/mol. The Bertz CT molecular complexity index is 653. The minimum atomic E-state index is -0.490. The van der Waals surface area contributed by atoms with Crippen molar-refractivity contribution in [1.82, 2.24) is 5.32 Å².